The molecule has 1 aromatic carbocycles. The van der Waals surface area contributed by atoms with Gasteiger partial charge < -0.3 is 20.5 Å². The van der Waals surface area contributed by atoms with Crippen LogP contribution in [0.3, 0.4) is 0 Å². The summed E-state index contributed by atoms with van der Waals surface area (Å²) in [5.74, 6) is -1.02. The fourth-order valence-electron chi connectivity index (χ4n) is 1.82. The molecule has 0 saturated carbocycles. The molecule has 1 rings (SSSR count). The standard InChI is InChI=1S/C14H19ClN2O4/c1-4-8(5-2)16-14(20)17-11-7-12(21-3)9(13(18)19)6-10(11)15/h6-8H,4-5H2,1-3H3,(H,18,19)(H2,16,17,20). The molecule has 0 radical (unpaired) electrons. The molecule has 0 fully saturated rings. The van der Waals surface area contributed by atoms with Crippen molar-refractivity contribution >= 4 is 29.3 Å². The minimum absolute atomic E-state index is 0.0616. The lowest BCUT2D eigenvalue weighted by Gasteiger charge is -2.16. The number of carboxylic acid groups (broad SMARTS) is 1. The number of anilines is 1. The van der Waals surface area contributed by atoms with Crippen molar-refractivity contribution in [3.63, 3.8) is 0 Å². The predicted molar refractivity (Wildman–Crippen MR) is 81.5 cm³/mol. The second-order valence-corrected chi connectivity index (χ2v) is 4.86. The molecule has 6 nitrogen and oxygen atoms in total. The summed E-state index contributed by atoms with van der Waals surface area (Å²) in [7, 11) is 1.35. The molecule has 0 unspecified atom stereocenters. The number of aromatic carboxylic acids is 1. The van der Waals surface area contributed by atoms with Crippen molar-refractivity contribution < 1.29 is 19.4 Å². The van der Waals surface area contributed by atoms with Gasteiger partial charge in [0.2, 0.25) is 0 Å². The van der Waals surface area contributed by atoms with Crippen LogP contribution in [0.1, 0.15) is 37.0 Å². The smallest absolute Gasteiger partial charge is 0.339 e. The summed E-state index contributed by atoms with van der Waals surface area (Å²) < 4.78 is 5.00. The first kappa shape index (κ1) is 17.1. The van der Waals surface area contributed by atoms with Gasteiger partial charge in [-0.3, -0.25) is 0 Å². The van der Waals surface area contributed by atoms with Crippen LogP contribution in [0.2, 0.25) is 5.02 Å². The third-order valence-corrected chi connectivity index (χ3v) is 3.40. The largest absolute Gasteiger partial charge is 0.496 e. The number of ether oxygens (including phenoxy) is 1. The molecule has 0 aromatic heterocycles. The maximum absolute atomic E-state index is 11.9. The van der Waals surface area contributed by atoms with Gasteiger partial charge in [0, 0.05) is 12.1 Å². The van der Waals surface area contributed by atoms with Crippen LogP contribution in [-0.4, -0.2) is 30.3 Å². The fraction of sp³-hybridized carbons (Fsp3) is 0.429. The molecule has 1 aromatic rings. The molecule has 0 aliphatic rings. The Hall–Kier alpha value is -1.95. The number of rotatable bonds is 6. The van der Waals surface area contributed by atoms with E-state index in [1.807, 2.05) is 13.8 Å². The van der Waals surface area contributed by atoms with E-state index in [0.29, 0.717) is 5.69 Å². The third-order valence-electron chi connectivity index (χ3n) is 3.09. The molecule has 116 valence electrons. The number of urea groups is 1. The topological polar surface area (TPSA) is 87.7 Å². The maximum atomic E-state index is 11.9. The average molecular weight is 315 g/mol. The zero-order valence-electron chi connectivity index (χ0n) is 12.2. The monoisotopic (exact) mass is 314 g/mol. The number of nitrogens with one attached hydrogen (secondary N) is 2. The summed E-state index contributed by atoms with van der Waals surface area (Å²) in [6.45, 7) is 3.96. The van der Waals surface area contributed by atoms with Gasteiger partial charge in [-0.25, -0.2) is 9.59 Å². The van der Waals surface area contributed by atoms with Gasteiger partial charge in [-0.05, 0) is 18.9 Å². The third kappa shape index (κ3) is 4.53. The van der Waals surface area contributed by atoms with E-state index in [-0.39, 0.29) is 22.4 Å². The van der Waals surface area contributed by atoms with E-state index in [1.165, 1.54) is 19.2 Å². The minimum atomic E-state index is -1.15. The normalized spacial score (nSPS) is 10.3. The van der Waals surface area contributed by atoms with Gasteiger partial charge in [0.1, 0.15) is 11.3 Å². The summed E-state index contributed by atoms with van der Waals surface area (Å²) in [5, 5.41) is 14.6. The van der Waals surface area contributed by atoms with Crippen molar-refractivity contribution in [2.45, 2.75) is 32.7 Å². The van der Waals surface area contributed by atoms with Crippen molar-refractivity contribution in [1.29, 1.82) is 0 Å². The number of amides is 2. The van der Waals surface area contributed by atoms with Crippen LogP contribution in [0.25, 0.3) is 0 Å². The lowest BCUT2D eigenvalue weighted by molar-refractivity contribution is 0.0693. The summed E-state index contributed by atoms with van der Waals surface area (Å²) in [6, 6.07) is 2.31. The van der Waals surface area contributed by atoms with Crippen molar-refractivity contribution in [3.05, 3.63) is 22.7 Å². The van der Waals surface area contributed by atoms with Gasteiger partial charge in [-0.15, -0.1) is 0 Å². The number of halogens is 1. The van der Waals surface area contributed by atoms with Crippen LogP contribution in [0.15, 0.2) is 12.1 Å². The summed E-state index contributed by atoms with van der Waals surface area (Å²) in [6.07, 6.45) is 1.64. The van der Waals surface area contributed by atoms with Gasteiger partial charge in [0.05, 0.1) is 17.8 Å². The second kappa shape index (κ2) is 7.73. The first-order chi connectivity index (χ1) is 9.92. The molecular weight excluding hydrogens is 296 g/mol. The zero-order valence-corrected chi connectivity index (χ0v) is 13.0. The van der Waals surface area contributed by atoms with Crippen LogP contribution >= 0.6 is 11.6 Å². The average Bonchev–Trinajstić information content (AvgIpc) is 2.46. The molecule has 0 heterocycles. The van der Waals surface area contributed by atoms with Gasteiger partial charge in [0.25, 0.3) is 0 Å². The molecule has 3 N–H and O–H groups in total. The lowest BCUT2D eigenvalue weighted by atomic mass is 10.1. The van der Waals surface area contributed by atoms with E-state index in [4.69, 9.17) is 21.4 Å². The van der Waals surface area contributed by atoms with Gasteiger partial charge in [-0.1, -0.05) is 25.4 Å². The highest BCUT2D eigenvalue weighted by Crippen LogP contribution is 2.31. The molecule has 0 bridgehead atoms. The lowest BCUT2D eigenvalue weighted by Crippen LogP contribution is -2.37. The van der Waals surface area contributed by atoms with Crippen molar-refractivity contribution in [3.8, 4) is 5.75 Å². The molecule has 0 atom stereocenters. The Labute approximate surface area is 128 Å². The van der Waals surface area contributed by atoms with Crippen LogP contribution in [0, 0.1) is 0 Å². The van der Waals surface area contributed by atoms with E-state index in [0.717, 1.165) is 12.8 Å². The van der Waals surface area contributed by atoms with E-state index in [9.17, 15) is 9.59 Å². The number of hydrogen-bond acceptors (Lipinski definition) is 3. The Bertz CT molecular complexity index is 530. The van der Waals surface area contributed by atoms with Gasteiger partial charge in [0.15, 0.2) is 0 Å². The Morgan fingerprint density at radius 2 is 1.95 bits per heavy atom. The van der Waals surface area contributed by atoms with E-state index < -0.39 is 12.0 Å². The summed E-state index contributed by atoms with van der Waals surface area (Å²) >= 11 is 5.99. The van der Waals surface area contributed by atoms with Crippen LogP contribution < -0.4 is 15.4 Å². The van der Waals surface area contributed by atoms with Crippen molar-refractivity contribution in [1.82, 2.24) is 5.32 Å². The molecule has 0 spiro atoms. The van der Waals surface area contributed by atoms with Crippen LogP contribution in [0.4, 0.5) is 10.5 Å². The number of hydrogen-bond donors (Lipinski definition) is 3. The van der Waals surface area contributed by atoms with Crippen molar-refractivity contribution in [2.75, 3.05) is 12.4 Å². The number of carbonyl (C=O) groups excluding carboxylic acids is 1. The number of carbonyl (C=O) groups is 2. The van der Waals surface area contributed by atoms with E-state index in [2.05, 4.69) is 10.6 Å². The SMILES string of the molecule is CCC(CC)NC(=O)Nc1cc(OC)c(C(=O)O)cc1Cl. The molecule has 0 aliphatic heterocycles. The summed E-state index contributed by atoms with van der Waals surface area (Å²) in [5.41, 5.74) is 0.232. The minimum Gasteiger partial charge on any atom is -0.496 e. The number of benzene rings is 1. The molecular formula is C14H19ClN2O4. The van der Waals surface area contributed by atoms with Gasteiger partial charge >= 0.3 is 12.0 Å². The zero-order chi connectivity index (χ0) is 16.0. The number of carboxylic acids is 1. The Morgan fingerprint density at radius 1 is 1.33 bits per heavy atom. The van der Waals surface area contributed by atoms with E-state index >= 15 is 0 Å². The molecule has 0 aliphatic carbocycles. The first-order valence-corrected chi connectivity index (χ1v) is 6.99. The quantitative estimate of drug-likeness (QED) is 0.751. The molecule has 21 heavy (non-hydrogen) atoms. The Kier molecular flexibility index (Phi) is 6.30. The van der Waals surface area contributed by atoms with Gasteiger partial charge in [-0.2, -0.15) is 0 Å². The molecule has 2 amide bonds. The highest BCUT2D eigenvalue weighted by molar-refractivity contribution is 6.34. The fourth-order valence-corrected chi connectivity index (χ4v) is 2.03. The van der Waals surface area contributed by atoms with Crippen molar-refractivity contribution in [2.24, 2.45) is 0 Å². The Balaban J connectivity index is 2.93. The Morgan fingerprint density at radius 3 is 2.43 bits per heavy atom. The maximum Gasteiger partial charge on any atom is 0.339 e. The highest BCUT2D eigenvalue weighted by atomic mass is 35.5. The summed E-state index contributed by atoms with van der Waals surface area (Å²) in [4.78, 5) is 22.9. The number of methoxy groups -OCH3 is 1. The van der Waals surface area contributed by atoms with Crippen LogP contribution in [-0.2, 0) is 0 Å². The molecule has 7 heteroatoms. The van der Waals surface area contributed by atoms with Crippen LogP contribution in [0.5, 0.6) is 5.75 Å². The second-order valence-electron chi connectivity index (χ2n) is 4.45. The first-order valence-electron chi connectivity index (χ1n) is 6.61. The highest BCUT2D eigenvalue weighted by Gasteiger charge is 2.16. The predicted octanol–water partition coefficient (Wildman–Crippen LogP) is 3.36. The van der Waals surface area contributed by atoms with E-state index in [1.54, 1.807) is 0 Å². The molecule has 0 saturated heterocycles.